The molecule has 1 aliphatic heterocycles. The minimum absolute atomic E-state index is 0.717. The number of nitrogens with one attached hydrogen (secondary N) is 1. The molecule has 1 saturated heterocycles. The highest BCUT2D eigenvalue weighted by molar-refractivity contribution is 5.68. The highest BCUT2D eigenvalue weighted by Gasteiger charge is 2.27. The molecule has 2 nitrogen and oxygen atoms in total. The number of rotatable bonds is 2. The molecule has 1 aromatic heterocycles. The lowest BCUT2D eigenvalue weighted by Gasteiger charge is -2.34. The summed E-state index contributed by atoms with van der Waals surface area (Å²) in [5.41, 5.74) is 3.85. The molecule has 0 unspecified atom stereocenters. The van der Waals surface area contributed by atoms with E-state index < -0.39 is 0 Å². The first-order valence-electron chi connectivity index (χ1n) is 6.86. The Labute approximate surface area is 109 Å². The molecule has 94 valence electrons. The van der Waals surface area contributed by atoms with Gasteiger partial charge < -0.3 is 5.32 Å². The first kappa shape index (κ1) is 11.7. The fraction of sp³-hybridized carbons (Fsp3) is 0.438. The number of allylic oxidation sites excluding steroid dienone is 1. The van der Waals surface area contributed by atoms with Gasteiger partial charge in [-0.25, -0.2) is 0 Å². The molecule has 2 heterocycles. The summed E-state index contributed by atoms with van der Waals surface area (Å²) >= 11 is 0. The number of fused-ring (bicyclic) bond motifs is 1. The Kier molecular flexibility index (Phi) is 3.28. The lowest BCUT2D eigenvalue weighted by Crippen LogP contribution is -2.37. The van der Waals surface area contributed by atoms with Crippen molar-refractivity contribution in [3.63, 3.8) is 0 Å². The molecule has 3 rings (SSSR count). The topological polar surface area (TPSA) is 24.9 Å². The molecule has 0 aromatic carbocycles. The van der Waals surface area contributed by atoms with E-state index in [9.17, 15) is 0 Å². The molecule has 1 fully saturated rings. The largest absolute Gasteiger partial charge is 0.316 e. The average molecular weight is 240 g/mol. The van der Waals surface area contributed by atoms with Crippen LogP contribution in [-0.4, -0.2) is 18.1 Å². The first-order chi connectivity index (χ1) is 8.86. The predicted octanol–water partition coefficient (Wildman–Crippen LogP) is 3.13. The first-order valence-corrected chi connectivity index (χ1v) is 6.86. The van der Waals surface area contributed by atoms with Crippen molar-refractivity contribution < 1.29 is 0 Å². The summed E-state index contributed by atoms with van der Waals surface area (Å²) in [5, 5.41) is 3.50. The van der Waals surface area contributed by atoms with Gasteiger partial charge >= 0.3 is 0 Å². The van der Waals surface area contributed by atoms with Crippen molar-refractivity contribution in [2.45, 2.75) is 19.3 Å². The Morgan fingerprint density at radius 1 is 1.33 bits per heavy atom. The van der Waals surface area contributed by atoms with Gasteiger partial charge in [-0.3, -0.25) is 4.98 Å². The number of piperidine rings is 1. The molecule has 0 saturated carbocycles. The van der Waals surface area contributed by atoms with E-state index in [2.05, 4.69) is 29.0 Å². The lowest BCUT2D eigenvalue weighted by atomic mass is 9.76. The summed E-state index contributed by atoms with van der Waals surface area (Å²) in [6.07, 6.45) is 12.1. The molecule has 0 amide bonds. The highest BCUT2D eigenvalue weighted by atomic mass is 14.9. The molecule has 0 bridgehead atoms. The van der Waals surface area contributed by atoms with Crippen molar-refractivity contribution in [2.24, 2.45) is 11.8 Å². The normalized spacial score (nSPS) is 27.2. The van der Waals surface area contributed by atoms with Crippen LogP contribution >= 0.6 is 0 Å². The van der Waals surface area contributed by atoms with E-state index >= 15 is 0 Å². The van der Waals surface area contributed by atoms with Crippen LogP contribution in [-0.2, 0) is 0 Å². The van der Waals surface area contributed by atoms with Crippen LogP contribution < -0.4 is 5.32 Å². The highest BCUT2D eigenvalue weighted by Crippen LogP contribution is 2.36. The van der Waals surface area contributed by atoms with Gasteiger partial charge in [-0.05, 0) is 60.4 Å². The van der Waals surface area contributed by atoms with E-state index in [1.807, 2.05) is 18.5 Å². The second-order valence-corrected chi connectivity index (χ2v) is 5.36. The summed E-state index contributed by atoms with van der Waals surface area (Å²) in [6.45, 7) is 6.15. The smallest absolute Gasteiger partial charge is 0.0343 e. The lowest BCUT2D eigenvalue weighted by molar-refractivity contribution is 0.279. The monoisotopic (exact) mass is 240 g/mol. The van der Waals surface area contributed by atoms with Crippen molar-refractivity contribution >= 4 is 11.6 Å². The van der Waals surface area contributed by atoms with Crippen LogP contribution in [0.2, 0.25) is 0 Å². The van der Waals surface area contributed by atoms with Gasteiger partial charge in [0.05, 0.1) is 0 Å². The molecular formula is C16H20N2. The standard InChI is InChI=1S/C16H20N2/c1-2-12-7-15(11-18-9-12)14-4-3-13-5-6-17-10-16(13)8-14/h2,7-9,11,13,16-17H,1,3-6,10H2/t13-,16+/m1/s1. The Hall–Kier alpha value is -1.41. The molecule has 18 heavy (non-hydrogen) atoms. The molecule has 1 aromatic rings. The third-order valence-electron chi connectivity index (χ3n) is 4.24. The van der Waals surface area contributed by atoms with Gasteiger partial charge in [0.15, 0.2) is 0 Å². The van der Waals surface area contributed by atoms with Gasteiger partial charge in [-0.1, -0.05) is 18.7 Å². The number of nitrogens with zero attached hydrogens (tertiary/aromatic N) is 1. The number of hydrogen-bond acceptors (Lipinski definition) is 2. The molecule has 2 aliphatic rings. The summed E-state index contributed by atoms with van der Waals surface area (Å²) in [7, 11) is 0. The van der Waals surface area contributed by atoms with Crippen LogP contribution in [0.15, 0.2) is 31.1 Å². The summed E-state index contributed by atoms with van der Waals surface area (Å²) in [6, 6.07) is 2.20. The Bertz CT molecular complexity index is 476. The van der Waals surface area contributed by atoms with Gasteiger partial charge in [0, 0.05) is 18.9 Å². The number of hydrogen-bond donors (Lipinski definition) is 1. The van der Waals surface area contributed by atoms with Crippen LogP contribution in [0.1, 0.15) is 30.4 Å². The van der Waals surface area contributed by atoms with E-state index in [1.165, 1.54) is 36.9 Å². The predicted molar refractivity (Wildman–Crippen MR) is 76.0 cm³/mol. The zero-order valence-electron chi connectivity index (χ0n) is 10.7. The Morgan fingerprint density at radius 3 is 3.17 bits per heavy atom. The van der Waals surface area contributed by atoms with E-state index in [0.717, 1.165) is 23.9 Å². The van der Waals surface area contributed by atoms with Crippen molar-refractivity contribution in [1.29, 1.82) is 0 Å². The van der Waals surface area contributed by atoms with Crippen molar-refractivity contribution in [3.8, 4) is 0 Å². The van der Waals surface area contributed by atoms with Gasteiger partial charge in [-0.15, -0.1) is 0 Å². The van der Waals surface area contributed by atoms with Gasteiger partial charge in [0.25, 0.3) is 0 Å². The van der Waals surface area contributed by atoms with Crippen molar-refractivity contribution in [2.75, 3.05) is 13.1 Å². The zero-order chi connectivity index (χ0) is 12.4. The van der Waals surface area contributed by atoms with Gasteiger partial charge in [-0.2, -0.15) is 0 Å². The van der Waals surface area contributed by atoms with Crippen molar-refractivity contribution in [1.82, 2.24) is 10.3 Å². The molecular weight excluding hydrogens is 220 g/mol. The molecule has 1 N–H and O–H groups in total. The number of aromatic nitrogens is 1. The van der Waals surface area contributed by atoms with Crippen LogP contribution in [0.25, 0.3) is 11.6 Å². The molecule has 2 atom stereocenters. The number of pyridine rings is 1. The molecule has 1 aliphatic carbocycles. The Balaban J connectivity index is 1.87. The summed E-state index contributed by atoms with van der Waals surface area (Å²) in [5.74, 6) is 1.61. The quantitative estimate of drug-likeness (QED) is 0.859. The maximum atomic E-state index is 4.31. The molecule has 0 spiro atoms. The third-order valence-corrected chi connectivity index (χ3v) is 4.24. The maximum absolute atomic E-state index is 4.31. The average Bonchev–Trinajstić information content (AvgIpc) is 2.47. The van der Waals surface area contributed by atoms with Crippen molar-refractivity contribution in [3.05, 3.63) is 42.2 Å². The second kappa shape index (κ2) is 5.07. The fourth-order valence-electron chi connectivity index (χ4n) is 3.16. The third kappa shape index (κ3) is 2.25. The van der Waals surface area contributed by atoms with Crippen LogP contribution in [0.5, 0.6) is 0 Å². The van der Waals surface area contributed by atoms with Gasteiger partial charge in [0.2, 0.25) is 0 Å². The maximum Gasteiger partial charge on any atom is 0.0343 e. The van der Waals surface area contributed by atoms with Crippen LogP contribution in [0.4, 0.5) is 0 Å². The van der Waals surface area contributed by atoms with Gasteiger partial charge in [0.1, 0.15) is 0 Å². The summed E-state index contributed by atoms with van der Waals surface area (Å²) < 4.78 is 0. The van der Waals surface area contributed by atoms with E-state index in [0.29, 0.717) is 0 Å². The molecule has 2 heteroatoms. The Morgan fingerprint density at radius 2 is 2.28 bits per heavy atom. The van der Waals surface area contributed by atoms with Crippen LogP contribution in [0.3, 0.4) is 0 Å². The molecule has 0 radical (unpaired) electrons. The summed E-state index contributed by atoms with van der Waals surface area (Å²) in [4.78, 5) is 4.31. The fourth-order valence-corrected chi connectivity index (χ4v) is 3.16. The van der Waals surface area contributed by atoms with E-state index in [1.54, 1.807) is 0 Å². The van der Waals surface area contributed by atoms with E-state index in [-0.39, 0.29) is 0 Å². The minimum atomic E-state index is 0.717. The second-order valence-electron chi connectivity index (χ2n) is 5.36. The minimum Gasteiger partial charge on any atom is -0.316 e. The van der Waals surface area contributed by atoms with E-state index in [4.69, 9.17) is 0 Å². The zero-order valence-corrected chi connectivity index (χ0v) is 10.7. The SMILES string of the molecule is C=Cc1cncc(C2=C[C@H]3CNCC[C@H]3CC2)c1. The van der Waals surface area contributed by atoms with Crippen LogP contribution in [0, 0.1) is 11.8 Å².